The third kappa shape index (κ3) is 3.33. The molecule has 0 unspecified atom stereocenters. The highest BCUT2D eigenvalue weighted by Crippen LogP contribution is 2.26. The topological polar surface area (TPSA) is 50.4 Å². The van der Waals surface area contributed by atoms with Crippen molar-refractivity contribution in [3.8, 4) is 0 Å². The highest BCUT2D eigenvalue weighted by Gasteiger charge is 2.35. The van der Waals surface area contributed by atoms with Crippen LogP contribution in [-0.4, -0.2) is 11.3 Å². The van der Waals surface area contributed by atoms with E-state index in [0.717, 1.165) is 5.69 Å². The van der Waals surface area contributed by atoms with E-state index in [2.05, 4.69) is 10.8 Å². The number of rotatable bonds is 5. The molecule has 4 heteroatoms. The molecule has 0 aromatic heterocycles. The second kappa shape index (κ2) is 6.50. The Kier molecular flexibility index (Phi) is 4.26. The second-order valence-corrected chi connectivity index (χ2v) is 5.49. The molecule has 23 heavy (non-hydrogen) atoms. The van der Waals surface area contributed by atoms with Gasteiger partial charge in [0.15, 0.2) is 5.78 Å². The fourth-order valence-electron chi connectivity index (χ4n) is 2.39. The van der Waals surface area contributed by atoms with Crippen molar-refractivity contribution in [1.82, 2.24) is 5.48 Å². The molecule has 0 amide bonds. The number of hydrogen-bond donors (Lipinski definition) is 2. The summed E-state index contributed by atoms with van der Waals surface area (Å²) in [4.78, 5) is 18.0. The summed E-state index contributed by atoms with van der Waals surface area (Å²) < 4.78 is 0. The van der Waals surface area contributed by atoms with Crippen molar-refractivity contribution in [1.29, 1.82) is 0 Å². The zero-order valence-electron chi connectivity index (χ0n) is 12.8. The summed E-state index contributed by atoms with van der Waals surface area (Å²) in [5.74, 6) is -0.0563. The van der Waals surface area contributed by atoms with Gasteiger partial charge >= 0.3 is 0 Å². The molecule has 0 bridgehead atoms. The summed E-state index contributed by atoms with van der Waals surface area (Å²) in [6.07, 6.45) is 5.11. The number of carbonyl (C=O) groups is 1. The second-order valence-electron chi connectivity index (χ2n) is 5.49. The Morgan fingerprint density at radius 3 is 2.35 bits per heavy atom. The lowest BCUT2D eigenvalue weighted by molar-refractivity contribution is 0.0943. The van der Waals surface area contributed by atoms with Gasteiger partial charge in [0.05, 0.1) is 0 Å². The molecule has 0 aliphatic carbocycles. The number of para-hydroxylation sites is 1. The molecule has 3 rings (SSSR count). The van der Waals surface area contributed by atoms with Crippen LogP contribution in [0.1, 0.15) is 17.3 Å². The fraction of sp³-hybridized carbons (Fsp3) is 0.105. The molecule has 2 aromatic rings. The van der Waals surface area contributed by atoms with Gasteiger partial charge < -0.3 is 10.2 Å². The first-order chi connectivity index (χ1) is 11.2. The van der Waals surface area contributed by atoms with E-state index in [-0.39, 0.29) is 5.78 Å². The highest BCUT2D eigenvalue weighted by atomic mass is 16.6. The molecule has 0 spiro atoms. The van der Waals surface area contributed by atoms with E-state index < -0.39 is 5.54 Å². The van der Waals surface area contributed by atoms with Crippen molar-refractivity contribution < 1.29 is 9.63 Å². The van der Waals surface area contributed by atoms with Crippen molar-refractivity contribution in [3.63, 3.8) is 0 Å². The molecule has 116 valence electrons. The first-order valence-electron chi connectivity index (χ1n) is 7.41. The van der Waals surface area contributed by atoms with E-state index in [1.54, 1.807) is 12.5 Å². The lowest BCUT2D eigenvalue weighted by atomic mass is 9.87. The third-order valence-electron chi connectivity index (χ3n) is 3.74. The number of hydroxylamine groups is 1. The van der Waals surface area contributed by atoms with E-state index in [0.29, 0.717) is 11.1 Å². The minimum absolute atomic E-state index is 0.0563. The summed E-state index contributed by atoms with van der Waals surface area (Å²) in [5, 5.41) is 3.19. The van der Waals surface area contributed by atoms with Gasteiger partial charge in [0.2, 0.25) is 0 Å². The Morgan fingerprint density at radius 1 is 1.09 bits per heavy atom. The number of nitrogens with one attached hydrogen (secondary N) is 2. The lowest BCUT2D eigenvalue weighted by Crippen LogP contribution is -2.41. The van der Waals surface area contributed by atoms with Crippen LogP contribution in [0.5, 0.6) is 0 Å². The van der Waals surface area contributed by atoms with E-state index in [1.807, 2.05) is 73.7 Å². The van der Waals surface area contributed by atoms with Gasteiger partial charge in [-0.25, -0.2) is 0 Å². The Bertz CT molecular complexity index is 738. The van der Waals surface area contributed by atoms with Crippen LogP contribution in [0.2, 0.25) is 0 Å². The SMILES string of the molecule is C[C@@]1(/C(=C\Nc2ccccc2)C(=O)c2ccccc2)C=CON1. The highest BCUT2D eigenvalue weighted by molar-refractivity contribution is 6.10. The summed E-state index contributed by atoms with van der Waals surface area (Å²) in [6, 6.07) is 18.9. The number of ketones is 1. The zero-order valence-corrected chi connectivity index (χ0v) is 12.8. The molecule has 0 radical (unpaired) electrons. The molecular formula is C19H18N2O2. The number of benzene rings is 2. The quantitative estimate of drug-likeness (QED) is 0.653. The average molecular weight is 306 g/mol. The van der Waals surface area contributed by atoms with Gasteiger partial charge in [-0.2, -0.15) is 0 Å². The Balaban J connectivity index is 1.94. The molecule has 1 aliphatic heterocycles. The number of anilines is 1. The van der Waals surface area contributed by atoms with Crippen LogP contribution in [0, 0.1) is 0 Å². The van der Waals surface area contributed by atoms with Gasteiger partial charge in [0.25, 0.3) is 0 Å². The molecule has 1 atom stereocenters. The Labute approximate surface area is 135 Å². The van der Waals surface area contributed by atoms with Gasteiger partial charge in [-0.15, -0.1) is 5.48 Å². The van der Waals surface area contributed by atoms with Crippen molar-refractivity contribution >= 4 is 11.5 Å². The molecule has 1 aliphatic rings. The third-order valence-corrected chi connectivity index (χ3v) is 3.74. The summed E-state index contributed by atoms with van der Waals surface area (Å²) in [7, 11) is 0. The maximum Gasteiger partial charge on any atom is 0.192 e. The van der Waals surface area contributed by atoms with Gasteiger partial charge in [0.1, 0.15) is 11.8 Å². The molecule has 0 saturated carbocycles. The van der Waals surface area contributed by atoms with Gasteiger partial charge in [-0.1, -0.05) is 48.5 Å². The largest absolute Gasteiger partial charge is 0.416 e. The Hall–Kier alpha value is -2.85. The normalized spacial score (nSPS) is 20.1. The van der Waals surface area contributed by atoms with Crippen molar-refractivity contribution in [2.45, 2.75) is 12.5 Å². The average Bonchev–Trinajstić information content (AvgIpc) is 3.04. The summed E-state index contributed by atoms with van der Waals surface area (Å²) in [5.41, 5.74) is 4.31. The van der Waals surface area contributed by atoms with Crippen LogP contribution >= 0.6 is 0 Å². The maximum absolute atomic E-state index is 12.9. The van der Waals surface area contributed by atoms with E-state index >= 15 is 0 Å². The van der Waals surface area contributed by atoms with E-state index in [1.165, 1.54) is 0 Å². The number of carbonyl (C=O) groups excluding carboxylic acids is 1. The Morgan fingerprint density at radius 2 is 1.74 bits per heavy atom. The number of hydrogen-bond acceptors (Lipinski definition) is 4. The molecule has 2 N–H and O–H groups in total. The minimum Gasteiger partial charge on any atom is -0.416 e. The predicted molar refractivity (Wildman–Crippen MR) is 90.7 cm³/mol. The van der Waals surface area contributed by atoms with Gasteiger partial charge in [0, 0.05) is 23.0 Å². The van der Waals surface area contributed by atoms with Crippen LogP contribution in [0.15, 0.2) is 84.8 Å². The minimum atomic E-state index is -0.686. The number of Topliss-reactive ketones (excluding diaryl/α,β-unsaturated/α-hetero) is 1. The molecule has 1 heterocycles. The predicted octanol–water partition coefficient (Wildman–Crippen LogP) is 3.67. The van der Waals surface area contributed by atoms with Gasteiger partial charge in [-0.05, 0) is 25.1 Å². The van der Waals surface area contributed by atoms with Crippen molar-refractivity contribution in [2.75, 3.05) is 5.32 Å². The van der Waals surface area contributed by atoms with Crippen molar-refractivity contribution in [3.05, 3.63) is 90.3 Å². The van der Waals surface area contributed by atoms with Gasteiger partial charge in [-0.3, -0.25) is 4.79 Å². The molecular weight excluding hydrogens is 288 g/mol. The zero-order chi connectivity index (χ0) is 16.1. The van der Waals surface area contributed by atoms with Crippen LogP contribution in [-0.2, 0) is 4.84 Å². The standard InChI is InChI=1S/C19H18N2O2/c1-19(12-13-23-21-19)17(14-20-16-10-6-3-7-11-16)18(22)15-8-4-2-5-9-15/h2-14,20-21H,1H3/b17-14-/t19-/m0/s1. The molecule has 0 saturated heterocycles. The fourth-order valence-corrected chi connectivity index (χ4v) is 2.39. The molecule has 4 nitrogen and oxygen atoms in total. The first kappa shape index (κ1) is 15.1. The summed E-state index contributed by atoms with van der Waals surface area (Å²) in [6.45, 7) is 1.90. The van der Waals surface area contributed by atoms with E-state index in [9.17, 15) is 4.79 Å². The molecule has 2 aromatic carbocycles. The smallest absolute Gasteiger partial charge is 0.192 e. The van der Waals surface area contributed by atoms with Crippen LogP contribution in [0.4, 0.5) is 5.69 Å². The monoisotopic (exact) mass is 306 g/mol. The summed E-state index contributed by atoms with van der Waals surface area (Å²) >= 11 is 0. The first-order valence-corrected chi connectivity index (χ1v) is 7.41. The maximum atomic E-state index is 12.9. The van der Waals surface area contributed by atoms with Crippen LogP contribution in [0.25, 0.3) is 0 Å². The van der Waals surface area contributed by atoms with Crippen molar-refractivity contribution in [2.24, 2.45) is 0 Å². The lowest BCUT2D eigenvalue weighted by Gasteiger charge is -2.24. The van der Waals surface area contributed by atoms with Crippen LogP contribution in [0.3, 0.4) is 0 Å². The molecule has 0 fully saturated rings. The van der Waals surface area contributed by atoms with Crippen LogP contribution < -0.4 is 10.8 Å². The van der Waals surface area contributed by atoms with E-state index in [4.69, 9.17) is 4.84 Å².